The van der Waals surface area contributed by atoms with Crippen molar-refractivity contribution in [2.24, 2.45) is 0 Å². The van der Waals surface area contributed by atoms with Crippen LogP contribution in [0.1, 0.15) is 117 Å². The average molecular weight is 355 g/mol. The van der Waals surface area contributed by atoms with Crippen LogP contribution in [0.3, 0.4) is 0 Å². The summed E-state index contributed by atoms with van der Waals surface area (Å²) in [5.41, 5.74) is 0.921. The lowest BCUT2D eigenvalue weighted by molar-refractivity contribution is 0.156. The molecule has 0 N–H and O–H groups in total. The van der Waals surface area contributed by atoms with Crippen molar-refractivity contribution >= 4 is 8.32 Å². The third-order valence-corrected chi connectivity index (χ3v) is 9.55. The molecule has 0 radical (unpaired) electrons. The van der Waals surface area contributed by atoms with Gasteiger partial charge in [0.05, 0.1) is 0 Å². The molecule has 1 unspecified atom stereocenters. The SMILES string of the molecule is CCCCCCCCCC(CCCC)O[Si](C)(C)C1CCCCC1. The molecule has 24 heavy (non-hydrogen) atoms. The van der Waals surface area contributed by atoms with Gasteiger partial charge in [0.1, 0.15) is 0 Å². The van der Waals surface area contributed by atoms with Gasteiger partial charge in [-0.3, -0.25) is 0 Å². The monoisotopic (exact) mass is 354 g/mol. The number of hydrogen-bond donors (Lipinski definition) is 0. The molecule has 0 aromatic rings. The minimum atomic E-state index is -1.50. The molecule has 1 atom stereocenters. The van der Waals surface area contributed by atoms with E-state index in [1.165, 1.54) is 103 Å². The highest BCUT2D eigenvalue weighted by molar-refractivity contribution is 6.72. The Hall–Kier alpha value is 0.177. The molecule has 0 aliphatic heterocycles. The van der Waals surface area contributed by atoms with Gasteiger partial charge in [-0.25, -0.2) is 0 Å². The lowest BCUT2D eigenvalue weighted by Gasteiger charge is -2.38. The largest absolute Gasteiger partial charge is 0.414 e. The maximum Gasteiger partial charge on any atom is 0.190 e. The first-order valence-corrected chi connectivity index (χ1v) is 14.3. The Kier molecular flexibility index (Phi) is 12.4. The van der Waals surface area contributed by atoms with Gasteiger partial charge >= 0.3 is 0 Å². The summed E-state index contributed by atoms with van der Waals surface area (Å²) in [7, 11) is -1.50. The fourth-order valence-electron chi connectivity index (χ4n) is 4.35. The van der Waals surface area contributed by atoms with Crippen molar-refractivity contribution in [1.82, 2.24) is 0 Å². The molecule has 1 saturated carbocycles. The van der Waals surface area contributed by atoms with E-state index < -0.39 is 8.32 Å². The highest BCUT2D eigenvalue weighted by Gasteiger charge is 2.36. The van der Waals surface area contributed by atoms with E-state index in [1.54, 1.807) is 0 Å². The van der Waals surface area contributed by atoms with Gasteiger partial charge in [-0.2, -0.15) is 0 Å². The van der Waals surface area contributed by atoms with Crippen LogP contribution >= 0.6 is 0 Å². The van der Waals surface area contributed by atoms with Crippen molar-refractivity contribution in [1.29, 1.82) is 0 Å². The lowest BCUT2D eigenvalue weighted by atomic mass is 10.0. The Balaban J connectivity index is 2.31. The van der Waals surface area contributed by atoms with Gasteiger partial charge in [0.25, 0.3) is 0 Å². The molecule has 1 nitrogen and oxygen atoms in total. The van der Waals surface area contributed by atoms with E-state index >= 15 is 0 Å². The molecule has 0 bridgehead atoms. The van der Waals surface area contributed by atoms with Crippen LogP contribution < -0.4 is 0 Å². The zero-order valence-corrected chi connectivity index (χ0v) is 18.4. The highest BCUT2D eigenvalue weighted by Crippen LogP contribution is 2.38. The summed E-state index contributed by atoms with van der Waals surface area (Å²) in [6.07, 6.45) is 23.0. The predicted molar refractivity (Wildman–Crippen MR) is 111 cm³/mol. The molecule has 144 valence electrons. The number of hydrogen-bond acceptors (Lipinski definition) is 1. The Morgan fingerprint density at radius 2 is 1.29 bits per heavy atom. The summed E-state index contributed by atoms with van der Waals surface area (Å²) in [5.74, 6) is 0. The number of unbranched alkanes of at least 4 members (excludes halogenated alkanes) is 7. The second-order valence-corrected chi connectivity index (χ2v) is 13.0. The highest BCUT2D eigenvalue weighted by atomic mass is 28.4. The van der Waals surface area contributed by atoms with Crippen LogP contribution in [0.25, 0.3) is 0 Å². The summed E-state index contributed by atoms with van der Waals surface area (Å²) in [6, 6.07) is 0. The van der Waals surface area contributed by atoms with Crippen LogP contribution in [0.4, 0.5) is 0 Å². The van der Waals surface area contributed by atoms with Crippen LogP contribution in [0.2, 0.25) is 18.6 Å². The first kappa shape index (κ1) is 22.2. The predicted octanol–water partition coefficient (Wildman–Crippen LogP) is 8.24. The van der Waals surface area contributed by atoms with E-state index in [9.17, 15) is 0 Å². The normalized spacial score (nSPS) is 18.0. The summed E-state index contributed by atoms with van der Waals surface area (Å²) >= 11 is 0. The van der Waals surface area contributed by atoms with Gasteiger partial charge in [-0.1, -0.05) is 104 Å². The molecule has 0 heterocycles. The van der Waals surface area contributed by atoms with E-state index in [4.69, 9.17) is 4.43 Å². The zero-order valence-electron chi connectivity index (χ0n) is 17.4. The summed E-state index contributed by atoms with van der Waals surface area (Å²) in [6.45, 7) is 9.63. The van der Waals surface area contributed by atoms with Crippen LogP contribution in [-0.4, -0.2) is 14.4 Å². The van der Waals surface area contributed by atoms with Crippen molar-refractivity contribution in [3.05, 3.63) is 0 Å². The standard InChI is InChI=1S/C22H46OSi/c1-5-7-9-10-11-12-14-18-21(17-8-6-2)23-24(3,4)22-19-15-13-16-20-22/h21-22H,5-20H2,1-4H3. The second-order valence-electron chi connectivity index (χ2n) is 8.73. The van der Waals surface area contributed by atoms with Crippen molar-refractivity contribution in [3.8, 4) is 0 Å². The molecule has 1 rings (SSSR count). The minimum Gasteiger partial charge on any atom is -0.414 e. The summed E-state index contributed by atoms with van der Waals surface area (Å²) in [5, 5.41) is 0. The van der Waals surface area contributed by atoms with E-state index in [2.05, 4.69) is 26.9 Å². The van der Waals surface area contributed by atoms with Crippen LogP contribution in [0.15, 0.2) is 0 Å². The molecule has 0 amide bonds. The van der Waals surface area contributed by atoms with Gasteiger partial charge in [-0.05, 0) is 31.5 Å². The lowest BCUT2D eigenvalue weighted by Crippen LogP contribution is -2.41. The van der Waals surface area contributed by atoms with Crippen molar-refractivity contribution < 1.29 is 4.43 Å². The van der Waals surface area contributed by atoms with E-state index in [0.717, 1.165) is 5.54 Å². The van der Waals surface area contributed by atoms with Gasteiger partial charge in [0, 0.05) is 6.10 Å². The van der Waals surface area contributed by atoms with Crippen molar-refractivity contribution in [2.45, 2.75) is 141 Å². The fraction of sp³-hybridized carbons (Fsp3) is 1.00. The van der Waals surface area contributed by atoms with Gasteiger partial charge < -0.3 is 4.43 Å². The van der Waals surface area contributed by atoms with Gasteiger partial charge in [0.2, 0.25) is 0 Å². The van der Waals surface area contributed by atoms with Crippen LogP contribution in [0.5, 0.6) is 0 Å². The Bertz CT molecular complexity index is 284. The molecule has 0 saturated heterocycles. The zero-order chi connectivity index (χ0) is 17.7. The van der Waals surface area contributed by atoms with Crippen molar-refractivity contribution in [3.63, 3.8) is 0 Å². The maximum atomic E-state index is 6.86. The van der Waals surface area contributed by atoms with E-state index in [1.807, 2.05) is 0 Å². The van der Waals surface area contributed by atoms with Gasteiger partial charge in [0.15, 0.2) is 8.32 Å². The average Bonchev–Trinajstić information content (AvgIpc) is 2.59. The molecule has 1 aliphatic rings. The van der Waals surface area contributed by atoms with Gasteiger partial charge in [-0.15, -0.1) is 0 Å². The second kappa shape index (κ2) is 13.4. The molecule has 0 spiro atoms. The molecule has 0 aromatic carbocycles. The smallest absolute Gasteiger partial charge is 0.190 e. The first-order valence-electron chi connectivity index (χ1n) is 11.3. The third-order valence-electron chi connectivity index (χ3n) is 6.07. The molecular formula is C22H46OSi. The van der Waals surface area contributed by atoms with Crippen molar-refractivity contribution in [2.75, 3.05) is 0 Å². The van der Waals surface area contributed by atoms with E-state index in [-0.39, 0.29) is 0 Å². The number of rotatable bonds is 14. The molecule has 0 aromatic heterocycles. The topological polar surface area (TPSA) is 9.23 Å². The Labute approximate surface area is 154 Å². The molecule has 2 heteroatoms. The Morgan fingerprint density at radius 1 is 0.750 bits per heavy atom. The summed E-state index contributed by atoms with van der Waals surface area (Å²) < 4.78 is 6.86. The molecular weight excluding hydrogens is 308 g/mol. The first-order chi connectivity index (χ1) is 11.6. The molecule has 1 fully saturated rings. The van der Waals surface area contributed by atoms with Crippen LogP contribution in [0, 0.1) is 0 Å². The molecule has 1 aliphatic carbocycles. The maximum absolute atomic E-state index is 6.86. The fourth-order valence-corrected chi connectivity index (χ4v) is 7.43. The Morgan fingerprint density at radius 3 is 1.92 bits per heavy atom. The quantitative estimate of drug-likeness (QED) is 0.225. The third kappa shape index (κ3) is 9.61. The van der Waals surface area contributed by atoms with Crippen LogP contribution in [-0.2, 0) is 4.43 Å². The van der Waals surface area contributed by atoms with E-state index in [0.29, 0.717) is 6.10 Å². The minimum absolute atomic E-state index is 0.559. The summed E-state index contributed by atoms with van der Waals surface area (Å²) in [4.78, 5) is 0.